The van der Waals surface area contributed by atoms with E-state index in [0.717, 1.165) is 10.0 Å². The lowest BCUT2D eigenvalue weighted by atomic mass is 10.1. The molecule has 2 amide bonds. The standard InChI is InChI=1S/C20H19BrN2O4S/c21-16-8-6-14(7-9-16)12-18(23-19(24)15-4-2-1-3-5-15)20(25)22-17-10-11-28(26,27)13-17/h1-9,12,17H,10-11,13H2,(H,22,25)(H,23,24). The highest BCUT2D eigenvalue weighted by Crippen LogP contribution is 2.15. The van der Waals surface area contributed by atoms with Crippen molar-refractivity contribution in [1.82, 2.24) is 10.6 Å². The van der Waals surface area contributed by atoms with Gasteiger partial charge in [0.2, 0.25) is 0 Å². The van der Waals surface area contributed by atoms with Crippen LogP contribution in [0.4, 0.5) is 0 Å². The largest absolute Gasteiger partial charge is 0.347 e. The van der Waals surface area contributed by atoms with Crippen LogP contribution in [0.3, 0.4) is 0 Å². The monoisotopic (exact) mass is 462 g/mol. The van der Waals surface area contributed by atoms with E-state index in [1.165, 1.54) is 0 Å². The maximum absolute atomic E-state index is 12.8. The Labute approximate surface area is 172 Å². The van der Waals surface area contributed by atoms with E-state index < -0.39 is 27.7 Å². The molecule has 3 rings (SSSR count). The molecule has 1 atom stereocenters. The highest BCUT2D eigenvalue weighted by Gasteiger charge is 2.29. The summed E-state index contributed by atoms with van der Waals surface area (Å²) in [5.74, 6) is -0.968. The molecule has 0 aromatic heterocycles. The van der Waals surface area contributed by atoms with E-state index >= 15 is 0 Å². The van der Waals surface area contributed by atoms with Crippen LogP contribution in [0.15, 0.2) is 64.8 Å². The quantitative estimate of drug-likeness (QED) is 0.667. The van der Waals surface area contributed by atoms with Crippen molar-refractivity contribution >= 4 is 43.7 Å². The van der Waals surface area contributed by atoms with Crippen LogP contribution in [0.1, 0.15) is 22.3 Å². The van der Waals surface area contributed by atoms with Crippen molar-refractivity contribution in [1.29, 1.82) is 0 Å². The van der Waals surface area contributed by atoms with E-state index in [-0.39, 0.29) is 17.2 Å². The first-order valence-electron chi connectivity index (χ1n) is 8.67. The van der Waals surface area contributed by atoms with Crippen molar-refractivity contribution < 1.29 is 18.0 Å². The molecular weight excluding hydrogens is 444 g/mol. The maximum atomic E-state index is 12.8. The SMILES string of the molecule is O=C(NC1CCS(=O)(=O)C1)C(=Cc1ccc(Br)cc1)NC(=O)c1ccccc1. The van der Waals surface area contributed by atoms with Gasteiger partial charge in [-0.3, -0.25) is 9.59 Å². The summed E-state index contributed by atoms with van der Waals surface area (Å²) in [7, 11) is -3.12. The van der Waals surface area contributed by atoms with Gasteiger partial charge < -0.3 is 10.6 Å². The zero-order valence-corrected chi connectivity index (χ0v) is 17.3. The first kappa shape index (κ1) is 20.3. The summed E-state index contributed by atoms with van der Waals surface area (Å²) in [6.07, 6.45) is 1.93. The molecule has 2 N–H and O–H groups in total. The number of carbonyl (C=O) groups excluding carboxylic acids is 2. The van der Waals surface area contributed by atoms with E-state index in [4.69, 9.17) is 0 Å². The number of hydrogen-bond donors (Lipinski definition) is 2. The van der Waals surface area contributed by atoms with Crippen molar-refractivity contribution in [3.8, 4) is 0 Å². The number of rotatable bonds is 5. The molecule has 0 aliphatic carbocycles. The summed E-state index contributed by atoms with van der Waals surface area (Å²) in [6, 6.07) is 15.3. The minimum Gasteiger partial charge on any atom is -0.347 e. The molecule has 2 aromatic carbocycles. The fourth-order valence-electron chi connectivity index (χ4n) is 2.84. The number of sulfone groups is 1. The summed E-state index contributed by atoms with van der Waals surface area (Å²) in [6.45, 7) is 0. The lowest BCUT2D eigenvalue weighted by molar-refractivity contribution is -0.118. The predicted molar refractivity (Wildman–Crippen MR) is 111 cm³/mol. The van der Waals surface area contributed by atoms with E-state index in [0.29, 0.717) is 12.0 Å². The Kier molecular flexibility index (Phi) is 6.31. The third kappa shape index (κ3) is 5.53. The Morgan fingerprint density at radius 2 is 1.71 bits per heavy atom. The van der Waals surface area contributed by atoms with Crippen molar-refractivity contribution in [3.05, 3.63) is 75.9 Å². The zero-order chi connectivity index (χ0) is 20.1. The zero-order valence-electron chi connectivity index (χ0n) is 14.9. The molecule has 0 bridgehead atoms. The van der Waals surface area contributed by atoms with Gasteiger partial charge in [0.15, 0.2) is 9.84 Å². The molecule has 1 aliphatic heterocycles. The molecule has 1 unspecified atom stereocenters. The maximum Gasteiger partial charge on any atom is 0.268 e. The topological polar surface area (TPSA) is 92.3 Å². The summed E-state index contributed by atoms with van der Waals surface area (Å²) in [5.41, 5.74) is 1.20. The van der Waals surface area contributed by atoms with Crippen LogP contribution in [0, 0.1) is 0 Å². The van der Waals surface area contributed by atoms with Gasteiger partial charge >= 0.3 is 0 Å². The Bertz CT molecular complexity index is 1000. The lowest BCUT2D eigenvalue weighted by Crippen LogP contribution is -2.41. The molecule has 0 saturated carbocycles. The fraction of sp³-hybridized carbons (Fsp3) is 0.200. The van der Waals surface area contributed by atoms with Gasteiger partial charge in [-0.15, -0.1) is 0 Å². The minimum absolute atomic E-state index is 0.0556. The summed E-state index contributed by atoms with van der Waals surface area (Å²) in [5, 5.41) is 5.35. The molecule has 6 nitrogen and oxygen atoms in total. The lowest BCUT2D eigenvalue weighted by Gasteiger charge is -2.14. The first-order valence-corrected chi connectivity index (χ1v) is 11.3. The van der Waals surface area contributed by atoms with Gasteiger partial charge in [0.05, 0.1) is 11.5 Å². The van der Waals surface area contributed by atoms with Crippen LogP contribution in [-0.2, 0) is 14.6 Å². The second-order valence-electron chi connectivity index (χ2n) is 6.50. The van der Waals surface area contributed by atoms with E-state index in [9.17, 15) is 18.0 Å². The molecule has 8 heteroatoms. The normalized spacial score (nSPS) is 18.5. The molecule has 1 heterocycles. The number of amides is 2. The van der Waals surface area contributed by atoms with Gasteiger partial charge in [-0.05, 0) is 42.3 Å². The van der Waals surface area contributed by atoms with Gasteiger partial charge in [-0.25, -0.2) is 8.42 Å². The number of benzene rings is 2. The Morgan fingerprint density at radius 3 is 2.32 bits per heavy atom. The van der Waals surface area contributed by atoms with Crippen molar-refractivity contribution in [3.63, 3.8) is 0 Å². The highest BCUT2D eigenvalue weighted by atomic mass is 79.9. The van der Waals surface area contributed by atoms with Crippen LogP contribution in [-0.4, -0.2) is 37.8 Å². The highest BCUT2D eigenvalue weighted by molar-refractivity contribution is 9.10. The minimum atomic E-state index is -3.12. The number of nitrogens with one attached hydrogen (secondary N) is 2. The van der Waals surface area contributed by atoms with Crippen molar-refractivity contribution in [2.75, 3.05) is 11.5 Å². The fourth-order valence-corrected chi connectivity index (χ4v) is 4.78. The molecule has 28 heavy (non-hydrogen) atoms. The summed E-state index contributed by atoms with van der Waals surface area (Å²) >= 11 is 3.35. The third-order valence-electron chi connectivity index (χ3n) is 4.28. The third-order valence-corrected chi connectivity index (χ3v) is 6.57. The Morgan fingerprint density at radius 1 is 1.04 bits per heavy atom. The van der Waals surface area contributed by atoms with E-state index in [1.807, 2.05) is 12.1 Å². The van der Waals surface area contributed by atoms with Gasteiger partial charge in [0, 0.05) is 16.1 Å². The smallest absolute Gasteiger partial charge is 0.268 e. The average molecular weight is 463 g/mol. The van der Waals surface area contributed by atoms with Gasteiger partial charge in [-0.2, -0.15) is 0 Å². The molecule has 1 fully saturated rings. The summed E-state index contributed by atoms with van der Waals surface area (Å²) < 4.78 is 24.2. The molecular formula is C20H19BrN2O4S. The van der Waals surface area contributed by atoms with Gasteiger partial charge in [0.1, 0.15) is 5.70 Å². The van der Waals surface area contributed by atoms with Crippen molar-refractivity contribution in [2.45, 2.75) is 12.5 Å². The first-order chi connectivity index (χ1) is 13.3. The van der Waals surface area contributed by atoms with Crippen LogP contribution in [0.25, 0.3) is 6.08 Å². The van der Waals surface area contributed by atoms with Crippen molar-refractivity contribution in [2.24, 2.45) is 0 Å². The van der Waals surface area contributed by atoms with Crippen LogP contribution < -0.4 is 10.6 Å². The molecule has 0 spiro atoms. The number of halogens is 1. The number of carbonyl (C=O) groups is 2. The number of hydrogen-bond acceptors (Lipinski definition) is 4. The average Bonchev–Trinajstić information content (AvgIpc) is 3.01. The van der Waals surface area contributed by atoms with Gasteiger partial charge in [0.25, 0.3) is 11.8 Å². The molecule has 1 saturated heterocycles. The second-order valence-corrected chi connectivity index (χ2v) is 9.65. The van der Waals surface area contributed by atoms with E-state index in [2.05, 4.69) is 26.6 Å². The van der Waals surface area contributed by atoms with Crippen LogP contribution in [0.2, 0.25) is 0 Å². The second kappa shape index (κ2) is 8.70. The Hall–Kier alpha value is -2.45. The Balaban J connectivity index is 1.82. The van der Waals surface area contributed by atoms with E-state index in [1.54, 1.807) is 48.5 Å². The molecule has 146 valence electrons. The van der Waals surface area contributed by atoms with Crippen LogP contribution >= 0.6 is 15.9 Å². The molecule has 2 aromatic rings. The van der Waals surface area contributed by atoms with Gasteiger partial charge in [-0.1, -0.05) is 46.3 Å². The molecule has 0 radical (unpaired) electrons. The molecule has 1 aliphatic rings. The predicted octanol–water partition coefficient (Wildman–Crippen LogP) is 2.52. The van der Waals surface area contributed by atoms with Crippen LogP contribution in [0.5, 0.6) is 0 Å². The summed E-state index contributed by atoms with van der Waals surface area (Å²) in [4.78, 5) is 25.3.